The van der Waals surface area contributed by atoms with E-state index in [1.807, 2.05) is 36.4 Å². The van der Waals surface area contributed by atoms with Gasteiger partial charge in [-0.1, -0.05) is 12.1 Å². The van der Waals surface area contributed by atoms with Gasteiger partial charge in [0.1, 0.15) is 6.04 Å². The van der Waals surface area contributed by atoms with E-state index >= 15 is 0 Å². The molecular weight excluding hydrogens is 338 g/mol. The maximum atomic E-state index is 9.93. The number of nitrogens with zero attached hydrogens (tertiary/aromatic N) is 2. The van der Waals surface area contributed by atoms with Crippen LogP contribution in [-0.4, -0.2) is 32.8 Å². The molecule has 0 aromatic carbocycles. The van der Waals surface area contributed by atoms with Crippen molar-refractivity contribution < 1.29 is 27.0 Å². The molecule has 3 N–H and O–H groups in total. The van der Waals surface area contributed by atoms with Crippen LogP contribution in [0.2, 0.25) is 0 Å². The van der Waals surface area contributed by atoms with Crippen LogP contribution < -0.4 is 5.73 Å². The van der Waals surface area contributed by atoms with Crippen LogP contribution in [-0.2, 0) is 21.9 Å². The van der Waals surface area contributed by atoms with Gasteiger partial charge in [0, 0.05) is 12.4 Å². The molecule has 1 unspecified atom stereocenters. The fourth-order valence-electron chi connectivity index (χ4n) is 1.29. The molecule has 2 heterocycles. The Morgan fingerprint density at radius 1 is 1.14 bits per heavy atom. The fourth-order valence-corrected chi connectivity index (χ4v) is 1.57. The molecule has 0 aliphatic rings. The van der Waals surface area contributed by atoms with Crippen LogP contribution in [0.5, 0.6) is 0 Å². The normalized spacial score (nSPS) is 10.6. The van der Waals surface area contributed by atoms with E-state index in [1.165, 1.54) is 0 Å². The Balaban J connectivity index is 0.000000397. The van der Waals surface area contributed by atoms with Gasteiger partial charge < -0.3 is 10.8 Å². The Labute approximate surface area is 139 Å². The first-order valence-corrected chi connectivity index (χ1v) is 6.70. The monoisotopic (exact) mass is 354 g/mol. The number of carboxylic acid groups (broad SMARTS) is 1. The van der Waals surface area contributed by atoms with Crippen molar-refractivity contribution >= 4 is 18.6 Å². The molecule has 2 rings (SSSR count). The van der Waals surface area contributed by atoms with E-state index in [0.29, 0.717) is 12.2 Å². The predicted molar refractivity (Wildman–Crippen MR) is 81.5 cm³/mol. The summed E-state index contributed by atoms with van der Waals surface area (Å²) in [5.74, 6) is -0.438. The second-order valence-corrected chi connectivity index (χ2v) is 4.33. The van der Waals surface area contributed by atoms with Crippen LogP contribution in [0.4, 0.5) is 0 Å². The van der Waals surface area contributed by atoms with Gasteiger partial charge >= 0.3 is 23.0 Å². The van der Waals surface area contributed by atoms with Crippen LogP contribution in [0, 0.1) is 0 Å². The number of thiol groups is 1. The maximum Gasteiger partial charge on any atom is 1.00 e. The van der Waals surface area contributed by atoms with Crippen molar-refractivity contribution in [3.8, 4) is 11.4 Å². The van der Waals surface area contributed by atoms with Gasteiger partial charge in [-0.3, -0.25) is 14.8 Å². The molecule has 0 fully saturated rings. The smallest absolute Gasteiger partial charge is 0.480 e. The number of carbonyl (C=O) groups is 1. The van der Waals surface area contributed by atoms with Gasteiger partial charge in [0.15, 0.2) is 0 Å². The van der Waals surface area contributed by atoms with Crippen LogP contribution in [0.3, 0.4) is 0 Å². The molecule has 0 aliphatic carbocycles. The molecule has 0 amide bonds. The first-order chi connectivity index (χ1) is 9.65. The number of carboxylic acids is 1. The molecule has 1 atom stereocenters. The van der Waals surface area contributed by atoms with Gasteiger partial charge in [-0.05, 0) is 36.4 Å². The largest absolute Gasteiger partial charge is 1.00 e. The van der Waals surface area contributed by atoms with E-state index in [1.54, 1.807) is 12.4 Å². The van der Waals surface area contributed by atoms with E-state index in [2.05, 4.69) is 22.6 Å². The summed E-state index contributed by atoms with van der Waals surface area (Å²) in [6, 6.07) is 10.9. The van der Waals surface area contributed by atoms with Crippen molar-refractivity contribution in [3.05, 3.63) is 48.8 Å². The minimum Gasteiger partial charge on any atom is -0.480 e. The maximum absolute atomic E-state index is 9.93. The summed E-state index contributed by atoms with van der Waals surface area (Å²) >= 11 is 3.81. The zero-order valence-electron chi connectivity index (χ0n) is 11.2. The van der Waals surface area contributed by atoms with Gasteiger partial charge in [0.2, 0.25) is 0 Å². The van der Waals surface area contributed by atoms with Crippen molar-refractivity contribution in [1.29, 1.82) is 0 Å². The Hall–Kier alpha value is -1.40. The quantitative estimate of drug-likeness (QED) is 0.576. The summed E-state index contributed by atoms with van der Waals surface area (Å²) in [6.45, 7) is 0. The minimum atomic E-state index is -0.959. The van der Waals surface area contributed by atoms with E-state index < -0.39 is 12.0 Å². The third-order valence-electron chi connectivity index (χ3n) is 2.35. The molecule has 0 saturated heterocycles. The molecule has 0 radical (unpaired) electrons. The molecule has 2 aromatic heterocycles. The summed E-state index contributed by atoms with van der Waals surface area (Å²) in [5, 5.41) is 8.15. The topological polar surface area (TPSA) is 89.1 Å². The number of aromatic nitrogens is 2. The zero-order valence-corrected chi connectivity index (χ0v) is 13.0. The first kappa shape index (κ1) is 19.6. The summed E-state index contributed by atoms with van der Waals surface area (Å²) in [6.07, 6.45) is 3.96. The number of pyridine rings is 2. The van der Waals surface area contributed by atoms with E-state index in [4.69, 9.17) is 10.8 Å². The van der Waals surface area contributed by atoms with Crippen molar-refractivity contribution in [1.82, 2.24) is 9.97 Å². The Morgan fingerprint density at radius 3 is 1.86 bits per heavy atom. The Kier molecular flexibility index (Phi) is 10.5. The van der Waals surface area contributed by atoms with Gasteiger partial charge in [-0.15, -0.1) is 0 Å². The molecule has 0 saturated carbocycles. The van der Waals surface area contributed by atoms with Crippen LogP contribution in [0.25, 0.3) is 11.4 Å². The summed E-state index contributed by atoms with van der Waals surface area (Å²) in [4.78, 5) is 18.3. The number of hydrogen-bond acceptors (Lipinski definition) is 5. The number of aliphatic carboxylic acids is 1. The van der Waals surface area contributed by atoms with Crippen molar-refractivity contribution in [3.63, 3.8) is 0 Å². The summed E-state index contributed by atoms with van der Waals surface area (Å²) in [7, 11) is 0. The summed E-state index contributed by atoms with van der Waals surface area (Å²) < 4.78 is 0. The fraction of sp³-hybridized carbons (Fsp3) is 0.214. The molecule has 0 bridgehead atoms. The summed E-state index contributed by atoms with van der Waals surface area (Å²) in [5.41, 5.74) is 6.91. The molecule has 7 heteroatoms. The van der Waals surface area contributed by atoms with Gasteiger partial charge in [0.05, 0.1) is 11.4 Å². The van der Waals surface area contributed by atoms with Gasteiger partial charge in [-0.2, -0.15) is 12.6 Å². The van der Waals surface area contributed by atoms with E-state index in [9.17, 15) is 4.79 Å². The third-order valence-corrected chi connectivity index (χ3v) is 2.61. The SMILES string of the molecule is NC(CCS)C(=O)O.[Cu+].c1ccc(-c2ccccn2)nc1. The second-order valence-electron chi connectivity index (χ2n) is 3.89. The molecule has 5 nitrogen and oxygen atoms in total. The number of hydrogen-bond donors (Lipinski definition) is 3. The van der Waals surface area contributed by atoms with Crippen LogP contribution >= 0.6 is 12.6 Å². The van der Waals surface area contributed by atoms with Gasteiger partial charge in [-0.25, -0.2) is 0 Å². The average molecular weight is 355 g/mol. The van der Waals surface area contributed by atoms with E-state index in [0.717, 1.165) is 11.4 Å². The zero-order chi connectivity index (χ0) is 14.8. The minimum absolute atomic E-state index is 0. The standard InChI is InChI=1S/C10H8N2.C4H9NO2S.Cu/c1-3-7-11-9(5-1)10-6-2-4-8-12-10;5-3(1-2-8)4(6)7;/h1-8H;3,8H,1-2,5H2,(H,6,7);/q;;+1. The molecule has 2 aromatic rings. The number of rotatable bonds is 4. The molecule has 0 aliphatic heterocycles. The molecule has 21 heavy (non-hydrogen) atoms. The predicted octanol–water partition coefficient (Wildman–Crippen LogP) is 1.86. The van der Waals surface area contributed by atoms with Crippen LogP contribution in [0.15, 0.2) is 48.8 Å². The average Bonchev–Trinajstić information content (AvgIpc) is 2.50. The second kappa shape index (κ2) is 11.3. The Bertz CT molecular complexity index is 477. The van der Waals surface area contributed by atoms with Crippen molar-refractivity contribution in [2.24, 2.45) is 5.73 Å². The molecule has 116 valence electrons. The Morgan fingerprint density at radius 2 is 1.62 bits per heavy atom. The van der Waals surface area contributed by atoms with Crippen molar-refractivity contribution in [2.45, 2.75) is 12.5 Å². The molecular formula is C14H17CuN3O2S+. The molecule has 0 spiro atoms. The van der Waals surface area contributed by atoms with Gasteiger partial charge in [0.25, 0.3) is 0 Å². The first-order valence-electron chi connectivity index (χ1n) is 6.07. The van der Waals surface area contributed by atoms with E-state index in [-0.39, 0.29) is 17.1 Å². The number of nitrogens with two attached hydrogens (primary N) is 1. The third kappa shape index (κ3) is 7.82. The van der Waals surface area contributed by atoms with Crippen LogP contribution in [0.1, 0.15) is 6.42 Å². The van der Waals surface area contributed by atoms with Crippen molar-refractivity contribution in [2.75, 3.05) is 5.75 Å².